The number of benzene rings is 6. The maximum absolute atomic E-state index is 15.7. The summed E-state index contributed by atoms with van der Waals surface area (Å²) in [7, 11) is 0. The summed E-state index contributed by atoms with van der Waals surface area (Å²) >= 11 is 0. The topological polar surface area (TPSA) is 115 Å². The Kier molecular flexibility index (Phi) is 24.0. The summed E-state index contributed by atoms with van der Waals surface area (Å²) in [5, 5.41) is 12.5. The number of hydrogen-bond acceptors (Lipinski definition) is 10. The minimum absolute atomic E-state index is 0.0528. The Labute approximate surface area is 631 Å². The number of hydrogen-bond donors (Lipinski definition) is 4. The molecule has 0 saturated carbocycles. The number of aromatic nitrogens is 3. The standard InChI is InChI=1S/C29H36F3N3O2.C29H36F3N3O.C27H30F5N3O/c1-4-19-14-34(15-19)9-10-37-20-12-23(30)26(24(31)13-20)28-27-22(21-7-5-6-8-25(21)33-27)11-18(2)35(28)16-29(3,32)17-36;1-5-6-11-34-15-20(16-34)36-19-13-23(30)26(24(31)14-19)28-27-22(21-9-7-8-10-25(21)33-27)12-18(2)35(28)17-29(3,4)32;1-3-4-9-34-13-18(14-34)36-17-11-21(28)24(22(29)12-17)26-25-20(19-7-5-6-8-23(19)33-25)10-16(2)35(26)15-27(30,31)32/h5-8,12-13,18-19,28,33,36H,4,9-11,14-17H2,1-3H3;7-10,13-14,18,20,28,33H,5-6,11-12,15-17H2,1-4H3;5-8,11-12,16,18,26,33H,3-4,9-10,13-15H2,1-2H3/t18-,28-,29?;18-,28-;16-,26-/m111/s1. The summed E-state index contributed by atoms with van der Waals surface area (Å²) in [5.74, 6) is -3.51. The molecule has 9 heterocycles. The smallest absolute Gasteiger partial charge is 0.401 e. The van der Waals surface area contributed by atoms with Gasteiger partial charge in [0.15, 0.2) is 0 Å². The first-order valence-corrected chi connectivity index (χ1v) is 38.7. The number of nitrogens with zero attached hydrogens (tertiary/aromatic N) is 6. The highest BCUT2D eigenvalue weighted by molar-refractivity contribution is 5.87. The second-order valence-corrected chi connectivity index (χ2v) is 32.0. The van der Waals surface area contributed by atoms with E-state index in [-0.39, 0.29) is 65.8 Å². The maximum atomic E-state index is 15.7. The van der Waals surface area contributed by atoms with E-state index in [1.54, 1.807) is 11.8 Å². The third-order valence-corrected chi connectivity index (χ3v) is 22.7. The first-order chi connectivity index (χ1) is 52.0. The van der Waals surface area contributed by atoms with E-state index in [2.05, 4.69) is 50.4 Å². The molecule has 7 atom stereocenters. The Bertz CT molecular complexity index is 4370. The van der Waals surface area contributed by atoms with E-state index in [1.165, 1.54) is 45.0 Å². The molecule has 3 fully saturated rings. The molecule has 6 aliphatic rings. The third kappa shape index (κ3) is 17.5. The molecule has 0 amide bonds. The number of aromatic amines is 3. The van der Waals surface area contributed by atoms with Crippen LogP contribution in [-0.4, -0.2) is 189 Å². The van der Waals surface area contributed by atoms with Crippen molar-refractivity contribution in [2.75, 3.05) is 91.8 Å². The van der Waals surface area contributed by atoms with Crippen LogP contribution in [0.2, 0.25) is 0 Å². The lowest BCUT2D eigenvalue weighted by Gasteiger charge is -2.43. The molecular formula is C85H102F11N9O4. The number of para-hydroxylation sites is 3. The second kappa shape index (κ2) is 32.9. The van der Waals surface area contributed by atoms with Gasteiger partial charge < -0.3 is 34.3 Å². The predicted octanol–water partition coefficient (Wildman–Crippen LogP) is 17.8. The number of halogens is 11. The fourth-order valence-electron chi connectivity index (χ4n) is 17.1. The van der Waals surface area contributed by atoms with E-state index >= 15 is 30.7 Å². The molecular weight excluding hydrogens is 1420 g/mol. The van der Waals surface area contributed by atoms with E-state index in [1.807, 2.05) is 91.5 Å². The summed E-state index contributed by atoms with van der Waals surface area (Å²) < 4.78 is 182. The van der Waals surface area contributed by atoms with Crippen molar-refractivity contribution in [2.24, 2.45) is 5.92 Å². The van der Waals surface area contributed by atoms with Crippen molar-refractivity contribution in [3.63, 3.8) is 0 Å². The molecule has 0 radical (unpaired) electrons. The van der Waals surface area contributed by atoms with Crippen LogP contribution in [0.3, 0.4) is 0 Å². The lowest BCUT2D eigenvalue weighted by atomic mass is 9.87. The molecule has 6 aliphatic heterocycles. The first kappa shape index (κ1) is 79.4. The van der Waals surface area contributed by atoms with Crippen LogP contribution >= 0.6 is 0 Å². The molecule has 3 saturated heterocycles. The van der Waals surface area contributed by atoms with Crippen molar-refractivity contribution in [3.05, 3.63) is 195 Å². The zero-order valence-corrected chi connectivity index (χ0v) is 63.7. The fourth-order valence-corrected chi connectivity index (χ4v) is 17.1. The molecule has 15 rings (SSSR count). The lowest BCUT2D eigenvalue weighted by Crippen LogP contribution is -2.53. The normalized spacial score (nSPS) is 21.9. The Hall–Kier alpha value is -7.71. The number of rotatable bonds is 24. The average Bonchev–Trinajstić information content (AvgIpc) is 1.64. The number of alkyl halides is 5. The molecule has 13 nitrogen and oxygen atoms in total. The van der Waals surface area contributed by atoms with E-state index in [0.717, 1.165) is 149 Å². The van der Waals surface area contributed by atoms with Gasteiger partial charge in [0.25, 0.3) is 0 Å². The van der Waals surface area contributed by atoms with Gasteiger partial charge in [0, 0.05) is 180 Å². The average molecular weight is 1520 g/mol. The van der Waals surface area contributed by atoms with Crippen molar-refractivity contribution in [1.29, 1.82) is 0 Å². The van der Waals surface area contributed by atoms with Crippen LogP contribution in [0.1, 0.15) is 163 Å². The van der Waals surface area contributed by atoms with Crippen molar-refractivity contribution in [1.82, 2.24) is 44.4 Å². The monoisotopic (exact) mass is 1520 g/mol. The van der Waals surface area contributed by atoms with Gasteiger partial charge in [-0.3, -0.25) is 29.4 Å². The molecule has 0 spiro atoms. The Morgan fingerprint density at radius 3 is 1.13 bits per heavy atom. The quantitative estimate of drug-likeness (QED) is 0.0436. The van der Waals surface area contributed by atoms with Crippen molar-refractivity contribution >= 4 is 32.7 Å². The molecule has 24 heteroatoms. The number of fused-ring (bicyclic) bond motifs is 9. The van der Waals surface area contributed by atoms with Crippen LogP contribution in [-0.2, 0) is 19.3 Å². The molecule has 588 valence electrons. The van der Waals surface area contributed by atoms with Crippen LogP contribution in [0.4, 0.5) is 48.3 Å². The van der Waals surface area contributed by atoms with Gasteiger partial charge >= 0.3 is 6.18 Å². The minimum Gasteiger partial charge on any atom is -0.492 e. The van der Waals surface area contributed by atoms with Gasteiger partial charge in [0.2, 0.25) is 0 Å². The molecule has 6 aromatic carbocycles. The van der Waals surface area contributed by atoms with Crippen molar-refractivity contribution < 1.29 is 67.6 Å². The van der Waals surface area contributed by atoms with Gasteiger partial charge in [-0.25, -0.2) is 35.1 Å². The summed E-state index contributed by atoms with van der Waals surface area (Å²) in [6, 6.07) is 26.4. The molecule has 1 unspecified atom stereocenters. The Morgan fingerprint density at radius 2 is 0.789 bits per heavy atom. The summed E-state index contributed by atoms with van der Waals surface area (Å²) in [5.41, 5.74) is 3.04. The lowest BCUT2D eigenvalue weighted by molar-refractivity contribution is -0.155. The van der Waals surface area contributed by atoms with Crippen LogP contribution in [0.5, 0.6) is 17.2 Å². The fraction of sp³-hybridized carbons (Fsp3) is 0.506. The van der Waals surface area contributed by atoms with Crippen LogP contribution in [0.15, 0.2) is 109 Å². The largest absolute Gasteiger partial charge is 0.492 e. The van der Waals surface area contributed by atoms with Gasteiger partial charge in [0.1, 0.15) is 82.3 Å². The van der Waals surface area contributed by atoms with Crippen molar-refractivity contribution in [2.45, 2.75) is 180 Å². The van der Waals surface area contributed by atoms with Gasteiger partial charge in [0.05, 0.1) is 31.3 Å². The zero-order chi connectivity index (χ0) is 77.5. The van der Waals surface area contributed by atoms with E-state index in [0.29, 0.717) is 56.9 Å². The van der Waals surface area contributed by atoms with E-state index in [9.17, 15) is 22.7 Å². The second-order valence-electron chi connectivity index (χ2n) is 32.0. The Morgan fingerprint density at radius 1 is 0.450 bits per heavy atom. The van der Waals surface area contributed by atoms with Gasteiger partial charge in [-0.1, -0.05) is 94.6 Å². The predicted molar refractivity (Wildman–Crippen MR) is 404 cm³/mol. The SMILES string of the molecule is CCC1CN(CCOc2cc(F)c([C@@H]3c4[nH]c5ccccc5c4C[C@@H](C)N3CC(C)(F)CO)c(F)c2)C1.CCCCN1CC(Oc2cc(F)c([C@@H]3c4[nH]c5ccccc5c4C[C@@H](C)N3CC(C)(C)F)c(F)c2)C1.CCCCN1CC(Oc2cc(F)c([C@@H]3c4[nH]c5ccccc5c4C[C@@H](C)N3CC(F)(F)F)c(F)c2)C1. The van der Waals surface area contributed by atoms with Gasteiger partial charge in [-0.2, -0.15) is 13.2 Å². The summed E-state index contributed by atoms with van der Waals surface area (Å²) in [6.07, 6.45) is 2.44. The van der Waals surface area contributed by atoms with E-state index in [4.69, 9.17) is 14.2 Å². The molecule has 0 aliphatic carbocycles. The molecule has 3 aromatic heterocycles. The zero-order valence-electron chi connectivity index (χ0n) is 63.7. The first-order valence-electron chi connectivity index (χ1n) is 38.7. The maximum Gasteiger partial charge on any atom is 0.401 e. The minimum atomic E-state index is -4.53. The molecule has 4 N–H and O–H groups in total. The van der Waals surface area contributed by atoms with Gasteiger partial charge in [-0.05, 0) is 128 Å². The van der Waals surface area contributed by atoms with E-state index < -0.39 is 95.3 Å². The number of aliphatic hydroxyl groups excluding tert-OH is 1. The summed E-state index contributed by atoms with van der Waals surface area (Å²) in [4.78, 5) is 21.5. The van der Waals surface area contributed by atoms with Gasteiger partial charge in [-0.15, -0.1) is 0 Å². The number of aliphatic hydroxyl groups is 1. The molecule has 109 heavy (non-hydrogen) atoms. The Balaban J connectivity index is 0.000000144. The van der Waals surface area contributed by atoms with Crippen LogP contribution in [0.25, 0.3) is 32.7 Å². The number of H-pyrrole nitrogens is 3. The van der Waals surface area contributed by atoms with Crippen LogP contribution < -0.4 is 14.2 Å². The van der Waals surface area contributed by atoms with Crippen molar-refractivity contribution in [3.8, 4) is 17.2 Å². The number of unbranched alkanes of at least 4 members (excludes halogenated alkanes) is 2. The highest BCUT2D eigenvalue weighted by Gasteiger charge is 2.47. The number of ether oxygens (including phenoxy) is 3. The highest BCUT2D eigenvalue weighted by Crippen LogP contribution is 2.48. The summed E-state index contributed by atoms with van der Waals surface area (Å²) in [6.45, 7) is 22.3. The number of nitrogens with one attached hydrogen (secondary N) is 3. The third-order valence-electron chi connectivity index (χ3n) is 22.7. The molecule has 9 aromatic rings. The molecule has 0 bridgehead atoms. The van der Waals surface area contributed by atoms with Crippen LogP contribution in [0, 0.1) is 40.8 Å². The number of likely N-dealkylation sites (tertiary alicyclic amines) is 3. The highest BCUT2D eigenvalue weighted by atomic mass is 19.4.